The fourth-order valence-corrected chi connectivity index (χ4v) is 0.392. The molecule has 0 aromatic carbocycles. The van der Waals surface area contributed by atoms with Gasteiger partial charge in [0.05, 0.1) is 6.26 Å². The highest BCUT2D eigenvalue weighted by Crippen LogP contribution is 2.16. The van der Waals surface area contributed by atoms with Crippen LogP contribution in [-0.2, 0) is 23.9 Å². The van der Waals surface area contributed by atoms with E-state index in [2.05, 4.69) is 11.3 Å². The topological polar surface area (TPSA) is 138 Å². The first-order chi connectivity index (χ1) is 7.60. The Morgan fingerprint density at radius 1 is 1.06 bits per heavy atom. The Morgan fingerprint density at radius 3 is 1.35 bits per heavy atom. The lowest BCUT2D eigenvalue weighted by atomic mass is 9.91. The molecule has 0 rings (SSSR count). The van der Waals surface area contributed by atoms with Crippen LogP contribution in [0, 0.1) is 5.41 Å². The van der Waals surface area contributed by atoms with Gasteiger partial charge < -0.3 is 20.1 Å². The van der Waals surface area contributed by atoms with E-state index in [0.29, 0.717) is 6.92 Å². The largest absolute Gasteiger partial charge is 0.480 e. The molecule has 0 saturated heterocycles. The fraction of sp³-hybridized carbons (Fsp3) is 0.333. The maximum absolute atomic E-state index is 10.1. The van der Waals surface area contributed by atoms with Gasteiger partial charge in [-0.1, -0.05) is 6.58 Å². The normalized spacial score (nSPS) is 9.29. The van der Waals surface area contributed by atoms with E-state index in [1.807, 2.05) is 0 Å². The molecule has 96 valence electrons. The van der Waals surface area contributed by atoms with Crippen molar-refractivity contribution in [1.29, 1.82) is 0 Å². The van der Waals surface area contributed by atoms with Gasteiger partial charge in [0.15, 0.2) is 0 Å². The summed E-state index contributed by atoms with van der Waals surface area (Å²) in [7, 11) is 0. The van der Waals surface area contributed by atoms with Crippen LogP contribution in [0.3, 0.4) is 0 Å². The van der Waals surface area contributed by atoms with Crippen molar-refractivity contribution in [3.05, 3.63) is 12.8 Å². The molecule has 0 heterocycles. The van der Waals surface area contributed by atoms with Crippen molar-refractivity contribution in [3.63, 3.8) is 0 Å². The number of rotatable bonds is 4. The Labute approximate surface area is 96.1 Å². The average Bonchev–Trinajstić information content (AvgIpc) is 2.15. The standard InChI is InChI=1S/C5H6O6.C4H6O2/c1-5(2(6)7,3(8)9)4(10)11;1-3-6-4(2)5/h1H3,(H,6,7)(H,8,9)(H,10,11);3H,1H2,2H3. The molecule has 0 amide bonds. The molecule has 0 spiro atoms. The molecule has 0 bridgehead atoms. The third-order valence-corrected chi connectivity index (χ3v) is 1.53. The van der Waals surface area contributed by atoms with Crippen LogP contribution in [0.4, 0.5) is 0 Å². The Morgan fingerprint density at radius 2 is 1.35 bits per heavy atom. The molecule has 3 N–H and O–H groups in total. The van der Waals surface area contributed by atoms with Crippen molar-refractivity contribution in [2.75, 3.05) is 0 Å². The summed E-state index contributed by atoms with van der Waals surface area (Å²) in [6, 6.07) is 0. The number of ether oxygens (including phenoxy) is 1. The Hall–Kier alpha value is -2.38. The van der Waals surface area contributed by atoms with Gasteiger partial charge >= 0.3 is 23.9 Å². The van der Waals surface area contributed by atoms with Crippen LogP contribution in [0.15, 0.2) is 12.8 Å². The van der Waals surface area contributed by atoms with Gasteiger partial charge in [-0.2, -0.15) is 0 Å². The second-order valence-corrected chi connectivity index (χ2v) is 2.82. The molecule has 0 fully saturated rings. The molecule has 8 nitrogen and oxygen atoms in total. The van der Waals surface area contributed by atoms with Crippen molar-refractivity contribution in [1.82, 2.24) is 0 Å². The number of carbonyl (C=O) groups excluding carboxylic acids is 1. The fourth-order valence-electron chi connectivity index (χ4n) is 0.392. The summed E-state index contributed by atoms with van der Waals surface area (Å²) in [6.07, 6.45) is 1.10. The van der Waals surface area contributed by atoms with E-state index in [-0.39, 0.29) is 5.97 Å². The maximum Gasteiger partial charge on any atom is 0.332 e. The Bertz CT molecular complexity index is 307. The highest BCUT2D eigenvalue weighted by molar-refractivity contribution is 6.15. The molecule has 0 saturated carbocycles. The molecule has 0 radical (unpaired) electrons. The van der Waals surface area contributed by atoms with Gasteiger partial charge in [0.2, 0.25) is 0 Å². The third-order valence-electron chi connectivity index (χ3n) is 1.53. The van der Waals surface area contributed by atoms with Crippen LogP contribution in [0.1, 0.15) is 13.8 Å². The number of carboxylic acid groups (broad SMARTS) is 3. The summed E-state index contributed by atoms with van der Waals surface area (Å²) in [5.41, 5.74) is -2.75. The molecular formula is C9H12O8. The zero-order chi connectivity index (χ0) is 14.2. The summed E-state index contributed by atoms with van der Waals surface area (Å²) in [6.45, 7) is 5.09. The molecule has 0 aliphatic carbocycles. The number of esters is 1. The van der Waals surface area contributed by atoms with Crippen molar-refractivity contribution in [2.45, 2.75) is 13.8 Å². The van der Waals surface area contributed by atoms with Gasteiger partial charge in [-0.3, -0.25) is 19.2 Å². The highest BCUT2D eigenvalue weighted by Gasteiger charge is 2.49. The van der Waals surface area contributed by atoms with Crippen LogP contribution in [0.5, 0.6) is 0 Å². The zero-order valence-corrected chi connectivity index (χ0v) is 9.17. The van der Waals surface area contributed by atoms with Gasteiger partial charge in [0.25, 0.3) is 5.41 Å². The number of carbonyl (C=O) groups is 4. The van der Waals surface area contributed by atoms with Crippen LogP contribution < -0.4 is 0 Å². The lowest BCUT2D eigenvalue weighted by molar-refractivity contribution is -0.173. The first-order valence-electron chi connectivity index (χ1n) is 4.09. The Balaban J connectivity index is 0. The predicted molar refractivity (Wildman–Crippen MR) is 53.0 cm³/mol. The number of aliphatic carboxylic acids is 3. The highest BCUT2D eigenvalue weighted by atomic mass is 16.5. The second-order valence-electron chi connectivity index (χ2n) is 2.82. The lowest BCUT2D eigenvalue weighted by Crippen LogP contribution is -2.43. The monoisotopic (exact) mass is 248 g/mol. The van der Waals surface area contributed by atoms with E-state index in [1.165, 1.54) is 6.92 Å². The third kappa shape index (κ3) is 5.30. The van der Waals surface area contributed by atoms with Crippen molar-refractivity contribution in [2.24, 2.45) is 5.41 Å². The predicted octanol–water partition coefficient (Wildman–Crippen LogP) is -0.0605. The number of hydrogen-bond donors (Lipinski definition) is 3. The number of carboxylic acids is 3. The van der Waals surface area contributed by atoms with Gasteiger partial charge in [-0.05, 0) is 6.92 Å². The smallest absolute Gasteiger partial charge is 0.332 e. The minimum Gasteiger partial charge on any atom is -0.480 e. The van der Waals surface area contributed by atoms with Gasteiger partial charge in [0.1, 0.15) is 0 Å². The minimum atomic E-state index is -2.75. The van der Waals surface area contributed by atoms with E-state index in [9.17, 15) is 19.2 Å². The average molecular weight is 248 g/mol. The van der Waals surface area contributed by atoms with Crippen LogP contribution in [-0.4, -0.2) is 39.2 Å². The summed E-state index contributed by atoms with van der Waals surface area (Å²) >= 11 is 0. The van der Waals surface area contributed by atoms with E-state index in [4.69, 9.17) is 15.3 Å². The quantitative estimate of drug-likeness (QED) is 0.357. The van der Waals surface area contributed by atoms with Gasteiger partial charge in [-0.25, -0.2) is 0 Å². The summed E-state index contributed by atoms with van der Waals surface area (Å²) < 4.78 is 4.17. The summed E-state index contributed by atoms with van der Waals surface area (Å²) in [5, 5.41) is 24.6. The molecule has 8 heteroatoms. The van der Waals surface area contributed by atoms with Gasteiger partial charge in [-0.15, -0.1) is 0 Å². The molecule has 0 atom stereocenters. The van der Waals surface area contributed by atoms with E-state index in [1.54, 1.807) is 0 Å². The molecule has 0 aromatic heterocycles. The van der Waals surface area contributed by atoms with E-state index in [0.717, 1.165) is 6.26 Å². The molecule has 0 unspecified atom stereocenters. The van der Waals surface area contributed by atoms with Crippen molar-refractivity contribution in [3.8, 4) is 0 Å². The molecule has 0 aliphatic rings. The van der Waals surface area contributed by atoms with Crippen molar-refractivity contribution < 1.29 is 39.2 Å². The van der Waals surface area contributed by atoms with Crippen LogP contribution in [0.2, 0.25) is 0 Å². The SMILES string of the molecule is C=COC(C)=O.CC(C(=O)O)(C(=O)O)C(=O)O. The molecular weight excluding hydrogens is 236 g/mol. The maximum atomic E-state index is 10.1. The second kappa shape index (κ2) is 6.99. The van der Waals surface area contributed by atoms with Crippen molar-refractivity contribution >= 4 is 23.9 Å². The summed E-state index contributed by atoms with van der Waals surface area (Å²) in [4.78, 5) is 40.2. The van der Waals surface area contributed by atoms with Crippen LogP contribution in [0.25, 0.3) is 0 Å². The van der Waals surface area contributed by atoms with Gasteiger partial charge in [0, 0.05) is 6.92 Å². The minimum absolute atomic E-state index is 0.329. The number of hydrogen-bond acceptors (Lipinski definition) is 5. The summed E-state index contributed by atoms with van der Waals surface area (Å²) in [5.74, 6) is -6.00. The zero-order valence-electron chi connectivity index (χ0n) is 9.17. The lowest BCUT2D eigenvalue weighted by Gasteiger charge is -2.12. The first kappa shape index (κ1) is 17.0. The molecule has 17 heavy (non-hydrogen) atoms. The molecule has 0 aliphatic heterocycles. The van der Waals surface area contributed by atoms with E-state index >= 15 is 0 Å². The molecule has 0 aromatic rings. The van der Waals surface area contributed by atoms with Crippen LogP contribution >= 0.6 is 0 Å². The van der Waals surface area contributed by atoms with E-state index < -0.39 is 23.3 Å². The first-order valence-corrected chi connectivity index (χ1v) is 4.09. The Kier molecular flexibility index (Phi) is 7.00.